The monoisotopic (exact) mass is 687 g/mol. The maximum atomic E-state index is 12.9. The molecule has 1 aliphatic heterocycles. The fourth-order valence-electron chi connectivity index (χ4n) is 4.41. The van der Waals surface area contributed by atoms with Gasteiger partial charge in [0.25, 0.3) is 0 Å². The lowest BCUT2D eigenvalue weighted by atomic mass is 10.00. The van der Waals surface area contributed by atoms with Crippen molar-refractivity contribution in [3.8, 4) is 11.5 Å². The number of anilines is 1. The number of nitrogens with one attached hydrogen (secondary N) is 1. The van der Waals surface area contributed by atoms with E-state index in [2.05, 4.69) is 19.8 Å². The molecular formula is C30H24ClF6N3O5S. The van der Waals surface area contributed by atoms with Crippen LogP contribution in [-0.2, 0) is 28.9 Å². The van der Waals surface area contributed by atoms with Crippen LogP contribution in [0.1, 0.15) is 23.6 Å². The number of amidine groups is 1. The van der Waals surface area contributed by atoms with E-state index < -0.39 is 36.5 Å². The summed E-state index contributed by atoms with van der Waals surface area (Å²) in [7, 11) is 0. The Morgan fingerprint density at radius 2 is 1.48 bits per heavy atom. The van der Waals surface area contributed by atoms with Gasteiger partial charge in [0.2, 0.25) is 5.91 Å². The van der Waals surface area contributed by atoms with Gasteiger partial charge in [0.05, 0.1) is 11.4 Å². The molecule has 244 valence electrons. The number of urea groups is 1. The second-order valence-electron chi connectivity index (χ2n) is 10.0. The van der Waals surface area contributed by atoms with Crippen LogP contribution in [0.2, 0.25) is 5.02 Å². The number of nitrogens with zero attached hydrogens (tertiary/aromatic N) is 2. The Bertz CT molecular complexity index is 1620. The smallest absolute Gasteiger partial charge is 0.406 e. The van der Waals surface area contributed by atoms with Crippen LogP contribution in [0.15, 0.2) is 71.7 Å². The van der Waals surface area contributed by atoms with Crippen molar-refractivity contribution in [1.29, 1.82) is 0 Å². The summed E-state index contributed by atoms with van der Waals surface area (Å²) in [5, 5.41) is 2.54. The number of carbonyl (C=O) groups is 3. The lowest BCUT2D eigenvalue weighted by Gasteiger charge is -2.21. The summed E-state index contributed by atoms with van der Waals surface area (Å²) in [6, 6.07) is 14.1. The highest BCUT2D eigenvalue weighted by Gasteiger charge is 2.37. The highest BCUT2D eigenvalue weighted by atomic mass is 35.5. The van der Waals surface area contributed by atoms with E-state index in [1.807, 2.05) is 0 Å². The first-order valence-corrected chi connectivity index (χ1v) is 14.8. The quantitative estimate of drug-likeness (QED) is 0.225. The molecule has 0 aliphatic carbocycles. The maximum Gasteiger partial charge on any atom is 0.573 e. The molecule has 1 atom stereocenters. The summed E-state index contributed by atoms with van der Waals surface area (Å²) in [5.74, 6) is -2.00. The number of ketones is 1. The number of amides is 3. The van der Waals surface area contributed by atoms with Gasteiger partial charge in [0.15, 0.2) is 10.9 Å². The molecule has 0 saturated carbocycles. The Hall–Kier alpha value is -4.24. The number of thioether (sulfide) groups is 1. The molecule has 8 nitrogen and oxygen atoms in total. The summed E-state index contributed by atoms with van der Waals surface area (Å²) in [6.07, 6.45) is -9.35. The zero-order chi connectivity index (χ0) is 33.6. The molecule has 1 heterocycles. The zero-order valence-corrected chi connectivity index (χ0v) is 25.3. The number of hydrogen-bond acceptors (Lipinski definition) is 6. The third-order valence-corrected chi connectivity index (χ3v) is 7.40. The zero-order valence-electron chi connectivity index (χ0n) is 23.7. The van der Waals surface area contributed by atoms with Gasteiger partial charge >= 0.3 is 18.8 Å². The molecule has 1 aliphatic rings. The number of rotatable bonds is 10. The summed E-state index contributed by atoms with van der Waals surface area (Å²) in [5.41, 5.74) is 1.76. The van der Waals surface area contributed by atoms with Gasteiger partial charge in [-0.15, -0.1) is 26.3 Å². The fraction of sp³-hybridized carbons (Fsp3) is 0.267. The lowest BCUT2D eigenvalue weighted by molar-refractivity contribution is -0.275. The van der Waals surface area contributed by atoms with Crippen LogP contribution in [0.3, 0.4) is 0 Å². The van der Waals surface area contributed by atoms with E-state index >= 15 is 0 Å². The van der Waals surface area contributed by atoms with Crippen molar-refractivity contribution in [3.05, 3.63) is 88.4 Å². The molecule has 46 heavy (non-hydrogen) atoms. The molecule has 3 aromatic carbocycles. The van der Waals surface area contributed by atoms with E-state index in [-0.39, 0.29) is 46.0 Å². The van der Waals surface area contributed by atoms with Crippen molar-refractivity contribution in [2.45, 2.75) is 45.0 Å². The molecule has 16 heteroatoms. The molecule has 4 rings (SSSR count). The second kappa shape index (κ2) is 14.5. The molecule has 0 radical (unpaired) electrons. The van der Waals surface area contributed by atoms with Crippen LogP contribution >= 0.6 is 23.4 Å². The number of alkyl halides is 6. The van der Waals surface area contributed by atoms with E-state index in [0.717, 1.165) is 52.6 Å². The minimum atomic E-state index is -5.04. The molecule has 1 saturated heterocycles. The molecule has 3 amide bonds. The van der Waals surface area contributed by atoms with Crippen molar-refractivity contribution in [1.82, 2.24) is 5.32 Å². The number of halogens is 7. The molecule has 1 unspecified atom stereocenters. The van der Waals surface area contributed by atoms with Gasteiger partial charge in [-0.25, -0.2) is 4.79 Å². The molecule has 3 aromatic rings. The first-order valence-electron chi connectivity index (χ1n) is 13.4. The van der Waals surface area contributed by atoms with Gasteiger partial charge in [-0.2, -0.15) is 4.99 Å². The Morgan fingerprint density at radius 1 is 0.913 bits per heavy atom. The second-order valence-corrected chi connectivity index (χ2v) is 11.4. The van der Waals surface area contributed by atoms with E-state index in [1.165, 1.54) is 12.1 Å². The largest absolute Gasteiger partial charge is 0.573 e. The topological polar surface area (TPSA) is 97.3 Å². The van der Waals surface area contributed by atoms with Gasteiger partial charge in [-0.3, -0.25) is 14.5 Å². The molecule has 1 N–H and O–H groups in total. The molecule has 0 aromatic heterocycles. The third kappa shape index (κ3) is 10.4. The molecule has 1 fully saturated rings. The number of hydrogen-bond donors (Lipinski definition) is 1. The van der Waals surface area contributed by atoms with Crippen molar-refractivity contribution in [2.75, 3.05) is 10.7 Å². The van der Waals surface area contributed by atoms with Crippen molar-refractivity contribution in [2.24, 2.45) is 4.99 Å². The standard InChI is InChI=1S/C30H24ClF6N3O5S/c1-17(12-18-2-4-19(5-3-18)13-22(41)14-20-6-9-23(10-7-20)44-29(32,33)34)38-27(43)39-28-40(26(42)16-46-28)24-15-21(31)8-11-25(24)45-30(35,36)37/h2-11,15,17H,12-14,16H2,1H3,(H,38,43). The summed E-state index contributed by atoms with van der Waals surface area (Å²) in [4.78, 5) is 42.5. The average molecular weight is 688 g/mol. The van der Waals surface area contributed by atoms with Crippen LogP contribution in [0, 0.1) is 0 Å². The number of benzene rings is 3. The van der Waals surface area contributed by atoms with Crippen molar-refractivity contribution >= 4 is 51.9 Å². The van der Waals surface area contributed by atoms with Crippen LogP contribution in [-0.4, -0.2) is 47.4 Å². The minimum absolute atomic E-state index is 0.0227. The van der Waals surface area contributed by atoms with Crippen molar-refractivity contribution in [3.63, 3.8) is 0 Å². The average Bonchev–Trinajstić information content (AvgIpc) is 3.29. The van der Waals surface area contributed by atoms with Gasteiger partial charge in [0, 0.05) is 23.9 Å². The Kier molecular flexibility index (Phi) is 10.9. The Balaban J connectivity index is 1.32. The van der Waals surface area contributed by atoms with Crippen LogP contribution in [0.5, 0.6) is 11.5 Å². The highest BCUT2D eigenvalue weighted by molar-refractivity contribution is 8.15. The molecule has 0 bridgehead atoms. The first kappa shape index (κ1) is 34.6. The number of carbonyl (C=O) groups excluding carboxylic acids is 3. The Labute approximate surface area is 267 Å². The Morgan fingerprint density at radius 3 is 2.07 bits per heavy atom. The van der Waals surface area contributed by atoms with E-state index in [0.29, 0.717) is 17.5 Å². The highest BCUT2D eigenvalue weighted by Crippen LogP contribution is 2.38. The minimum Gasteiger partial charge on any atom is -0.406 e. The van der Waals surface area contributed by atoms with Gasteiger partial charge in [-0.05, 0) is 60.4 Å². The first-order chi connectivity index (χ1) is 21.5. The predicted molar refractivity (Wildman–Crippen MR) is 159 cm³/mol. The van der Waals surface area contributed by atoms with E-state index in [4.69, 9.17) is 11.6 Å². The predicted octanol–water partition coefficient (Wildman–Crippen LogP) is 7.27. The summed E-state index contributed by atoms with van der Waals surface area (Å²) >= 11 is 6.82. The summed E-state index contributed by atoms with van der Waals surface area (Å²) in [6.45, 7) is 1.71. The SMILES string of the molecule is CC(Cc1ccc(CC(=O)Cc2ccc(OC(F)(F)F)cc2)cc1)NC(=O)N=C1SCC(=O)N1c1cc(Cl)ccc1OC(F)(F)F. The van der Waals surface area contributed by atoms with E-state index in [1.54, 1.807) is 31.2 Å². The fourth-order valence-corrected chi connectivity index (χ4v) is 5.44. The maximum absolute atomic E-state index is 12.9. The third-order valence-electron chi connectivity index (χ3n) is 6.24. The normalized spacial score (nSPS) is 15.2. The number of ether oxygens (including phenoxy) is 2. The van der Waals surface area contributed by atoms with Crippen LogP contribution in [0.25, 0.3) is 0 Å². The number of Topliss-reactive ketones (excluding diaryl/α,β-unsaturated/α-hetero) is 1. The molecule has 0 spiro atoms. The van der Waals surface area contributed by atoms with Gasteiger partial charge in [-0.1, -0.05) is 59.8 Å². The lowest BCUT2D eigenvalue weighted by Crippen LogP contribution is -2.35. The van der Waals surface area contributed by atoms with E-state index in [9.17, 15) is 40.7 Å². The number of aliphatic imine (C=N–C) groups is 1. The van der Waals surface area contributed by atoms with Crippen LogP contribution < -0.4 is 19.7 Å². The van der Waals surface area contributed by atoms with Gasteiger partial charge < -0.3 is 14.8 Å². The van der Waals surface area contributed by atoms with Gasteiger partial charge in [0.1, 0.15) is 11.5 Å². The molecular weight excluding hydrogens is 664 g/mol. The summed E-state index contributed by atoms with van der Waals surface area (Å²) < 4.78 is 83.6. The van der Waals surface area contributed by atoms with Crippen LogP contribution in [0.4, 0.5) is 36.8 Å². The van der Waals surface area contributed by atoms with Crippen molar-refractivity contribution < 1.29 is 50.2 Å².